The molecule has 6 rings (SSSR count). The van der Waals surface area contributed by atoms with Crippen LogP contribution in [0.25, 0.3) is 10.9 Å². The molecule has 1 unspecified atom stereocenters. The predicted molar refractivity (Wildman–Crippen MR) is 117 cm³/mol. The van der Waals surface area contributed by atoms with Gasteiger partial charge in [-0.05, 0) is 42.2 Å². The highest BCUT2D eigenvalue weighted by atomic mass is 16.5. The molecule has 2 amide bonds. The lowest BCUT2D eigenvalue weighted by atomic mass is 9.86. The maximum Gasteiger partial charge on any atom is 0.337 e. The zero-order valence-electron chi connectivity index (χ0n) is 17.7. The third-order valence-corrected chi connectivity index (χ3v) is 6.93. The lowest BCUT2D eigenvalue weighted by Gasteiger charge is -2.47. The molecule has 2 aliphatic heterocycles. The Bertz CT molecular complexity index is 1260. The van der Waals surface area contributed by atoms with Crippen LogP contribution in [-0.2, 0) is 20.7 Å². The highest BCUT2D eigenvalue weighted by Gasteiger charge is 2.50. The van der Waals surface area contributed by atoms with Gasteiger partial charge >= 0.3 is 5.97 Å². The van der Waals surface area contributed by atoms with Gasteiger partial charge in [-0.25, -0.2) is 4.79 Å². The van der Waals surface area contributed by atoms with E-state index in [0.717, 1.165) is 40.6 Å². The Kier molecular flexibility index (Phi) is 4.15. The standard InChI is InChI=1S/C25H23N3O4/c1-32-25(31)15-8-6-14(7-9-15)23-22-18(17-4-2-3-5-19(17)26-22)12-20-24(30)27(16-10-11-16)13-21(29)28(20)23/h2-9,16,20,23,26H,10-13H2,1H3/t20-,23?/m0/s1. The van der Waals surface area contributed by atoms with Crippen LogP contribution in [0.1, 0.15) is 46.1 Å². The van der Waals surface area contributed by atoms with Gasteiger partial charge in [0.2, 0.25) is 11.8 Å². The average molecular weight is 429 g/mol. The number of piperazine rings is 1. The second-order valence-corrected chi connectivity index (χ2v) is 8.80. The van der Waals surface area contributed by atoms with Crippen molar-refractivity contribution in [1.82, 2.24) is 14.8 Å². The number of aromatic nitrogens is 1. The molecule has 1 saturated carbocycles. The SMILES string of the molecule is COC(=O)c1ccc(C2c3[nH]c4ccccc4c3C[C@H]3C(=O)N(C4CC4)CC(=O)N23)cc1. The highest BCUT2D eigenvalue weighted by molar-refractivity contribution is 5.98. The van der Waals surface area contributed by atoms with Crippen LogP contribution in [0.15, 0.2) is 48.5 Å². The number of benzene rings is 2. The van der Waals surface area contributed by atoms with E-state index in [-0.39, 0.29) is 24.4 Å². The van der Waals surface area contributed by atoms with Crippen LogP contribution in [0.5, 0.6) is 0 Å². The summed E-state index contributed by atoms with van der Waals surface area (Å²) in [5.74, 6) is -0.402. The van der Waals surface area contributed by atoms with Gasteiger partial charge in [-0.1, -0.05) is 30.3 Å². The predicted octanol–water partition coefficient (Wildman–Crippen LogP) is 2.80. The van der Waals surface area contributed by atoms with Crippen molar-refractivity contribution < 1.29 is 19.1 Å². The fourth-order valence-electron chi connectivity index (χ4n) is 5.25. The minimum Gasteiger partial charge on any atom is -0.465 e. The number of rotatable bonds is 3. The van der Waals surface area contributed by atoms with Crippen molar-refractivity contribution in [2.24, 2.45) is 0 Å². The number of H-pyrrole nitrogens is 1. The van der Waals surface area contributed by atoms with Gasteiger partial charge in [-0.15, -0.1) is 0 Å². The molecular weight excluding hydrogens is 406 g/mol. The molecule has 3 aliphatic rings. The normalized spacial score (nSPS) is 22.7. The number of ether oxygens (including phenoxy) is 1. The summed E-state index contributed by atoms with van der Waals surface area (Å²) < 4.78 is 4.82. The van der Waals surface area contributed by atoms with Gasteiger partial charge in [0, 0.05) is 29.1 Å². The number of carbonyl (C=O) groups excluding carboxylic acids is 3. The minimum atomic E-state index is -0.520. The molecule has 2 fully saturated rings. The molecule has 32 heavy (non-hydrogen) atoms. The fraction of sp³-hybridized carbons (Fsp3) is 0.320. The number of amides is 2. The van der Waals surface area contributed by atoms with Crippen molar-refractivity contribution >= 4 is 28.7 Å². The summed E-state index contributed by atoms with van der Waals surface area (Å²) in [6, 6.07) is 14.4. The van der Waals surface area contributed by atoms with Crippen LogP contribution in [0.4, 0.5) is 0 Å². The summed E-state index contributed by atoms with van der Waals surface area (Å²) in [5, 5.41) is 1.09. The Morgan fingerprint density at radius 1 is 1.06 bits per heavy atom. The Labute approximate surface area is 184 Å². The molecule has 3 aromatic rings. The first-order chi connectivity index (χ1) is 15.6. The smallest absolute Gasteiger partial charge is 0.337 e. The molecule has 1 aromatic heterocycles. The average Bonchev–Trinajstić information content (AvgIpc) is 3.60. The number of nitrogens with one attached hydrogen (secondary N) is 1. The summed E-state index contributed by atoms with van der Waals surface area (Å²) >= 11 is 0. The summed E-state index contributed by atoms with van der Waals surface area (Å²) in [6.45, 7) is 0.131. The van der Waals surface area contributed by atoms with Gasteiger partial charge in [-0.3, -0.25) is 9.59 Å². The molecule has 1 aliphatic carbocycles. The Morgan fingerprint density at radius 3 is 2.53 bits per heavy atom. The number of hydrogen-bond donors (Lipinski definition) is 1. The van der Waals surface area contributed by atoms with E-state index in [1.807, 2.05) is 30.3 Å². The molecule has 2 aromatic carbocycles. The van der Waals surface area contributed by atoms with E-state index in [0.29, 0.717) is 12.0 Å². The van der Waals surface area contributed by atoms with E-state index >= 15 is 0 Å². The van der Waals surface area contributed by atoms with Crippen molar-refractivity contribution in [1.29, 1.82) is 0 Å². The van der Waals surface area contributed by atoms with Gasteiger partial charge in [0.1, 0.15) is 12.6 Å². The van der Waals surface area contributed by atoms with Crippen molar-refractivity contribution in [3.63, 3.8) is 0 Å². The monoisotopic (exact) mass is 429 g/mol. The first kappa shape index (κ1) is 19.1. The molecule has 7 heteroatoms. The van der Waals surface area contributed by atoms with Gasteiger partial charge in [0.15, 0.2) is 0 Å². The van der Waals surface area contributed by atoms with Crippen LogP contribution in [0.3, 0.4) is 0 Å². The Hall–Kier alpha value is -3.61. The zero-order valence-corrected chi connectivity index (χ0v) is 17.7. The zero-order chi connectivity index (χ0) is 22.0. The van der Waals surface area contributed by atoms with Crippen molar-refractivity contribution in [3.8, 4) is 0 Å². The van der Waals surface area contributed by atoms with Crippen LogP contribution in [0.2, 0.25) is 0 Å². The van der Waals surface area contributed by atoms with Crippen LogP contribution in [-0.4, -0.2) is 58.3 Å². The topological polar surface area (TPSA) is 82.7 Å². The quantitative estimate of drug-likeness (QED) is 0.649. The second-order valence-electron chi connectivity index (χ2n) is 8.80. The third kappa shape index (κ3) is 2.77. The fourth-order valence-corrected chi connectivity index (χ4v) is 5.25. The van der Waals surface area contributed by atoms with Crippen LogP contribution in [0, 0.1) is 0 Å². The Balaban J connectivity index is 1.50. The number of hydrogen-bond acceptors (Lipinski definition) is 4. The third-order valence-electron chi connectivity index (χ3n) is 6.93. The van der Waals surface area contributed by atoms with E-state index in [2.05, 4.69) is 11.1 Å². The molecule has 162 valence electrons. The van der Waals surface area contributed by atoms with Crippen LogP contribution < -0.4 is 0 Å². The van der Waals surface area contributed by atoms with E-state index in [1.165, 1.54) is 7.11 Å². The number of aromatic amines is 1. The summed E-state index contributed by atoms with van der Waals surface area (Å²) in [4.78, 5) is 45.8. The van der Waals surface area contributed by atoms with Gasteiger partial charge in [0.05, 0.1) is 18.7 Å². The number of para-hydroxylation sites is 1. The molecule has 1 N–H and O–H groups in total. The summed E-state index contributed by atoms with van der Waals surface area (Å²) in [7, 11) is 1.35. The number of esters is 1. The number of nitrogens with zero attached hydrogens (tertiary/aromatic N) is 2. The molecule has 0 radical (unpaired) electrons. The maximum absolute atomic E-state index is 13.5. The second kappa shape index (κ2) is 6.95. The van der Waals surface area contributed by atoms with E-state index in [4.69, 9.17) is 4.74 Å². The Morgan fingerprint density at radius 2 is 1.81 bits per heavy atom. The molecule has 7 nitrogen and oxygen atoms in total. The molecule has 0 bridgehead atoms. The highest BCUT2D eigenvalue weighted by Crippen LogP contribution is 2.43. The summed E-state index contributed by atoms with van der Waals surface area (Å²) in [5.41, 5.74) is 4.32. The molecule has 2 atom stereocenters. The van der Waals surface area contributed by atoms with Crippen molar-refractivity contribution in [3.05, 3.63) is 70.9 Å². The van der Waals surface area contributed by atoms with Crippen molar-refractivity contribution in [2.45, 2.75) is 37.4 Å². The lowest BCUT2D eigenvalue weighted by Crippen LogP contribution is -2.63. The number of carbonyl (C=O) groups is 3. The van der Waals surface area contributed by atoms with Gasteiger partial charge in [0.25, 0.3) is 0 Å². The van der Waals surface area contributed by atoms with Gasteiger partial charge < -0.3 is 19.5 Å². The molecule has 3 heterocycles. The first-order valence-corrected chi connectivity index (χ1v) is 11.0. The first-order valence-electron chi connectivity index (χ1n) is 11.0. The number of methoxy groups -OCH3 is 1. The molecule has 1 saturated heterocycles. The van der Waals surface area contributed by atoms with E-state index < -0.39 is 18.1 Å². The molecule has 0 spiro atoms. The van der Waals surface area contributed by atoms with E-state index in [1.54, 1.807) is 21.9 Å². The minimum absolute atomic E-state index is 0.0344. The maximum atomic E-state index is 13.5. The van der Waals surface area contributed by atoms with Crippen molar-refractivity contribution in [2.75, 3.05) is 13.7 Å². The van der Waals surface area contributed by atoms with E-state index in [9.17, 15) is 14.4 Å². The lowest BCUT2D eigenvalue weighted by molar-refractivity contribution is -0.159. The largest absolute Gasteiger partial charge is 0.465 e. The van der Waals surface area contributed by atoms with Crippen LogP contribution >= 0.6 is 0 Å². The summed E-state index contributed by atoms with van der Waals surface area (Å²) in [6.07, 6.45) is 2.45. The number of fused-ring (bicyclic) bond motifs is 4. The molecular formula is C25H23N3O4. The van der Waals surface area contributed by atoms with Gasteiger partial charge in [-0.2, -0.15) is 0 Å².